The highest BCUT2D eigenvalue weighted by Crippen LogP contribution is 2.00. The Morgan fingerprint density at radius 1 is 0.412 bits per heavy atom. The van der Waals surface area contributed by atoms with Gasteiger partial charge in [-0.2, -0.15) is 0 Å². The van der Waals surface area contributed by atoms with E-state index in [1.807, 2.05) is 37.4 Å². The second-order valence-corrected chi connectivity index (χ2v) is 10.4. The molecule has 0 aromatic heterocycles. The summed E-state index contributed by atoms with van der Waals surface area (Å²) in [5, 5.41) is 5.66. The maximum Gasteiger partial charge on any atom is 0.407 e. The first-order valence-corrected chi connectivity index (χ1v) is 17.8. The van der Waals surface area contributed by atoms with Gasteiger partial charge in [-0.25, -0.2) is 4.79 Å². The highest BCUT2D eigenvalue weighted by molar-refractivity contribution is 5.67. The van der Waals surface area contributed by atoms with E-state index in [2.05, 4.69) is 10.6 Å². The van der Waals surface area contributed by atoms with Gasteiger partial charge in [0.15, 0.2) is 0 Å². The van der Waals surface area contributed by atoms with E-state index in [1.165, 1.54) is 0 Å². The molecule has 0 saturated carbocycles. The predicted molar refractivity (Wildman–Crippen MR) is 188 cm³/mol. The lowest BCUT2D eigenvalue weighted by molar-refractivity contribution is -0.0283. The highest BCUT2D eigenvalue weighted by Gasteiger charge is 2.02. The first-order chi connectivity index (χ1) is 25.3. The fraction of sp³-hybridized carbons (Fsp3) is 0.800. The van der Waals surface area contributed by atoms with Crippen LogP contribution in [0, 0.1) is 0 Å². The van der Waals surface area contributed by atoms with E-state index in [1.54, 1.807) is 0 Å². The van der Waals surface area contributed by atoms with Gasteiger partial charge in [0.1, 0.15) is 6.61 Å². The second kappa shape index (κ2) is 40.7. The number of rotatable bonds is 41. The maximum atomic E-state index is 11.6. The smallest absolute Gasteiger partial charge is 0.407 e. The SMILES string of the molecule is CNCCOCCOCCOCCOCCOCCOCCOCCOCCOCCOCCOCCOCCNC(=O)OCc1ccccc1. The number of carbonyl (C=O) groups excluding carboxylic acids is 1. The van der Waals surface area contributed by atoms with E-state index in [-0.39, 0.29) is 6.61 Å². The van der Waals surface area contributed by atoms with Crippen molar-refractivity contribution in [2.75, 3.05) is 179 Å². The van der Waals surface area contributed by atoms with Gasteiger partial charge < -0.3 is 72.2 Å². The van der Waals surface area contributed by atoms with Gasteiger partial charge in [0.05, 0.1) is 159 Å². The molecule has 0 unspecified atom stereocenters. The van der Waals surface area contributed by atoms with Gasteiger partial charge in [-0.15, -0.1) is 0 Å². The highest BCUT2D eigenvalue weighted by atomic mass is 16.6. The van der Waals surface area contributed by atoms with Crippen LogP contribution >= 0.6 is 0 Å². The van der Waals surface area contributed by atoms with E-state index in [0.29, 0.717) is 165 Å². The number of likely N-dealkylation sites (N-methyl/N-ethyl adjacent to an activating group) is 1. The Balaban J connectivity index is 1.62. The van der Waals surface area contributed by atoms with Crippen molar-refractivity contribution in [2.45, 2.75) is 6.61 Å². The van der Waals surface area contributed by atoms with Crippen molar-refractivity contribution in [3.8, 4) is 0 Å². The molecule has 1 rings (SSSR count). The van der Waals surface area contributed by atoms with Gasteiger partial charge in [-0.3, -0.25) is 0 Å². The van der Waals surface area contributed by atoms with Crippen molar-refractivity contribution in [2.24, 2.45) is 0 Å². The lowest BCUT2D eigenvalue weighted by atomic mass is 10.2. The van der Waals surface area contributed by atoms with Crippen LogP contribution in [-0.4, -0.2) is 185 Å². The standard InChI is InChI=1S/C35H64N2O14/c1-36-7-9-39-11-13-41-15-17-43-19-21-45-23-25-47-27-29-49-31-32-50-30-28-48-26-24-46-22-20-44-18-16-42-14-12-40-10-8-37-35(38)51-33-34-5-3-2-4-6-34/h2-6,36H,7-33H2,1H3,(H,37,38). The molecule has 0 heterocycles. The van der Waals surface area contributed by atoms with Crippen LogP contribution < -0.4 is 10.6 Å². The third kappa shape index (κ3) is 37.5. The van der Waals surface area contributed by atoms with E-state index >= 15 is 0 Å². The number of amides is 1. The summed E-state index contributed by atoms with van der Waals surface area (Å²) < 4.78 is 70.6. The van der Waals surface area contributed by atoms with Gasteiger partial charge in [-0.1, -0.05) is 30.3 Å². The normalized spacial score (nSPS) is 11.3. The minimum absolute atomic E-state index is 0.237. The lowest BCUT2D eigenvalue weighted by Gasteiger charge is -2.09. The zero-order chi connectivity index (χ0) is 36.4. The van der Waals surface area contributed by atoms with Gasteiger partial charge in [-0.05, 0) is 12.6 Å². The van der Waals surface area contributed by atoms with Crippen molar-refractivity contribution < 1.29 is 66.4 Å². The Kier molecular flexibility index (Phi) is 37.5. The van der Waals surface area contributed by atoms with Gasteiger partial charge >= 0.3 is 6.09 Å². The summed E-state index contributed by atoms with van der Waals surface area (Å²) in [5.41, 5.74) is 0.937. The molecule has 0 bridgehead atoms. The van der Waals surface area contributed by atoms with E-state index in [0.717, 1.165) is 12.1 Å². The Labute approximate surface area is 304 Å². The topological polar surface area (TPSA) is 161 Å². The average molecular weight is 737 g/mol. The molecule has 0 atom stereocenters. The van der Waals surface area contributed by atoms with Crippen LogP contribution in [0.2, 0.25) is 0 Å². The van der Waals surface area contributed by atoms with Crippen molar-refractivity contribution in [1.82, 2.24) is 10.6 Å². The molecule has 0 spiro atoms. The molecular weight excluding hydrogens is 672 g/mol. The fourth-order valence-corrected chi connectivity index (χ4v) is 3.69. The van der Waals surface area contributed by atoms with E-state index < -0.39 is 6.09 Å². The molecule has 0 saturated heterocycles. The minimum Gasteiger partial charge on any atom is -0.445 e. The summed E-state index contributed by atoms with van der Waals surface area (Å²) in [6.07, 6.45) is -0.470. The second-order valence-electron chi connectivity index (χ2n) is 10.4. The van der Waals surface area contributed by atoms with Crippen LogP contribution in [0.1, 0.15) is 5.56 Å². The number of alkyl carbamates (subject to hydrolysis) is 1. The predicted octanol–water partition coefficient (Wildman–Crippen LogP) is 1.33. The molecule has 51 heavy (non-hydrogen) atoms. The zero-order valence-electron chi connectivity index (χ0n) is 30.7. The number of nitrogens with one attached hydrogen (secondary N) is 2. The number of carbonyl (C=O) groups is 1. The van der Waals surface area contributed by atoms with Crippen LogP contribution in [0.15, 0.2) is 30.3 Å². The number of hydrogen-bond acceptors (Lipinski definition) is 15. The van der Waals surface area contributed by atoms with Crippen LogP contribution in [-0.2, 0) is 68.2 Å². The molecule has 16 nitrogen and oxygen atoms in total. The number of ether oxygens (including phenoxy) is 13. The quantitative estimate of drug-likeness (QED) is 0.0927. The first-order valence-electron chi connectivity index (χ1n) is 17.8. The Hall–Kier alpha value is -2.03. The molecule has 0 aliphatic carbocycles. The largest absolute Gasteiger partial charge is 0.445 e. The Morgan fingerprint density at radius 3 is 0.980 bits per heavy atom. The summed E-state index contributed by atoms with van der Waals surface area (Å²) in [7, 11) is 1.89. The van der Waals surface area contributed by atoms with Gasteiger partial charge in [0.2, 0.25) is 0 Å². The third-order valence-corrected chi connectivity index (χ3v) is 6.32. The zero-order valence-corrected chi connectivity index (χ0v) is 30.7. The van der Waals surface area contributed by atoms with E-state index in [4.69, 9.17) is 61.6 Å². The van der Waals surface area contributed by atoms with Crippen LogP contribution in [0.3, 0.4) is 0 Å². The minimum atomic E-state index is -0.470. The van der Waals surface area contributed by atoms with Crippen molar-refractivity contribution in [3.63, 3.8) is 0 Å². The molecule has 0 radical (unpaired) electrons. The molecule has 1 amide bonds. The van der Waals surface area contributed by atoms with Crippen LogP contribution in [0.5, 0.6) is 0 Å². The molecule has 2 N–H and O–H groups in total. The van der Waals surface area contributed by atoms with Crippen molar-refractivity contribution in [1.29, 1.82) is 0 Å². The molecular formula is C35H64N2O14. The summed E-state index contributed by atoms with van der Waals surface area (Å²) in [4.78, 5) is 11.6. The lowest BCUT2D eigenvalue weighted by Crippen LogP contribution is -2.28. The van der Waals surface area contributed by atoms with E-state index in [9.17, 15) is 4.79 Å². The van der Waals surface area contributed by atoms with Crippen molar-refractivity contribution in [3.05, 3.63) is 35.9 Å². The monoisotopic (exact) mass is 736 g/mol. The van der Waals surface area contributed by atoms with Crippen LogP contribution in [0.25, 0.3) is 0 Å². The summed E-state index contributed by atoms with van der Waals surface area (Å²) >= 11 is 0. The average Bonchev–Trinajstić information content (AvgIpc) is 3.15. The van der Waals surface area contributed by atoms with Gasteiger partial charge in [0.25, 0.3) is 0 Å². The number of benzene rings is 1. The fourth-order valence-electron chi connectivity index (χ4n) is 3.69. The molecule has 1 aromatic rings. The third-order valence-electron chi connectivity index (χ3n) is 6.32. The maximum absolute atomic E-state index is 11.6. The molecule has 1 aromatic carbocycles. The summed E-state index contributed by atoms with van der Waals surface area (Å²) in [6, 6.07) is 9.51. The molecule has 0 aliphatic rings. The molecule has 298 valence electrons. The Morgan fingerprint density at radius 2 is 0.686 bits per heavy atom. The van der Waals surface area contributed by atoms with Gasteiger partial charge in [0, 0.05) is 13.1 Å². The first kappa shape index (κ1) is 47.0. The molecule has 0 aliphatic heterocycles. The number of hydrogen-bond donors (Lipinski definition) is 2. The summed E-state index contributed by atoms with van der Waals surface area (Å²) in [6.45, 7) is 13.6. The van der Waals surface area contributed by atoms with Crippen molar-refractivity contribution >= 4 is 6.09 Å². The molecule has 0 fully saturated rings. The Bertz CT molecular complexity index is 831. The van der Waals surface area contributed by atoms with Crippen LogP contribution in [0.4, 0.5) is 4.79 Å². The summed E-state index contributed by atoms with van der Waals surface area (Å²) in [5.74, 6) is 0. The molecule has 16 heteroatoms.